The zero-order valence-electron chi connectivity index (χ0n) is 8.34. The van der Waals surface area contributed by atoms with Crippen LogP contribution in [0.4, 0.5) is 0 Å². The minimum atomic E-state index is -0.784. The van der Waals surface area contributed by atoms with Crippen molar-refractivity contribution < 1.29 is 5.11 Å². The molecule has 0 fully saturated rings. The van der Waals surface area contributed by atoms with E-state index >= 15 is 0 Å². The molecule has 0 aliphatic carbocycles. The van der Waals surface area contributed by atoms with Crippen molar-refractivity contribution in [1.29, 1.82) is 0 Å². The van der Waals surface area contributed by atoms with Gasteiger partial charge < -0.3 is 0 Å². The van der Waals surface area contributed by atoms with Crippen LogP contribution in [0.2, 0.25) is 0 Å². The van der Waals surface area contributed by atoms with Crippen LogP contribution in [-0.2, 0) is 5.11 Å². The molecule has 0 spiro atoms. The minimum absolute atomic E-state index is 0.784. The smallest absolute Gasteiger partial charge is 0.125 e. The second-order valence-corrected chi connectivity index (χ2v) is 3.41. The highest BCUT2D eigenvalue weighted by atomic mass is 16.3. The van der Waals surface area contributed by atoms with Crippen molar-refractivity contribution in [3.05, 3.63) is 78.2 Å². The summed E-state index contributed by atoms with van der Waals surface area (Å²) in [4.78, 5) is 0. The third-order valence-corrected chi connectivity index (χ3v) is 2.27. The Labute approximate surface area is 90.0 Å². The fourth-order valence-electron chi connectivity index (χ4n) is 1.48. The van der Waals surface area contributed by atoms with Crippen LogP contribution in [-0.4, -0.2) is 0 Å². The maximum atomic E-state index is 11.8. The highest BCUT2D eigenvalue weighted by Crippen LogP contribution is 2.20. The van der Waals surface area contributed by atoms with Gasteiger partial charge in [0.15, 0.2) is 0 Å². The summed E-state index contributed by atoms with van der Waals surface area (Å²) in [7, 11) is 0. The molecule has 15 heavy (non-hydrogen) atoms. The number of benzene rings is 2. The molecular weight excluding hydrogens is 184 g/mol. The van der Waals surface area contributed by atoms with Crippen molar-refractivity contribution >= 4 is 0 Å². The normalized spacial score (nSPS) is 12.3. The summed E-state index contributed by atoms with van der Waals surface area (Å²) in [6, 6.07) is 19.1. The molecule has 1 nitrogen and oxygen atoms in total. The van der Waals surface area contributed by atoms with E-state index in [0.29, 0.717) is 0 Å². The van der Waals surface area contributed by atoms with Crippen LogP contribution < -0.4 is 0 Å². The summed E-state index contributed by atoms with van der Waals surface area (Å²) in [5.74, 6) is 0. The van der Waals surface area contributed by atoms with Crippen molar-refractivity contribution in [2.45, 2.75) is 6.10 Å². The Morgan fingerprint density at radius 1 is 0.800 bits per heavy atom. The summed E-state index contributed by atoms with van der Waals surface area (Å²) in [6.45, 7) is 0. The fraction of sp³-hybridized carbons (Fsp3) is 0.0714. The monoisotopic (exact) mass is 196 g/mol. The van der Waals surface area contributed by atoms with E-state index in [1.165, 1.54) is 0 Å². The van der Waals surface area contributed by atoms with Gasteiger partial charge in [0.2, 0.25) is 0 Å². The first kappa shape index (κ1) is 9.94. The average Bonchev–Trinajstić information content (AvgIpc) is 2.31. The Balaban J connectivity index is 2.08. The molecule has 74 valence electrons. The summed E-state index contributed by atoms with van der Waals surface area (Å²) >= 11 is 0. The lowest BCUT2D eigenvalue weighted by Crippen LogP contribution is -1.96. The van der Waals surface area contributed by atoms with E-state index in [-0.39, 0.29) is 0 Å². The maximum Gasteiger partial charge on any atom is 0.125 e. The molecule has 0 N–H and O–H groups in total. The van der Waals surface area contributed by atoms with Crippen molar-refractivity contribution in [2.24, 2.45) is 0 Å². The van der Waals surface area contributed by atoms with Gasteiger partial charge in [-0.05, 0) is 11.1 Å². The second-order valence-electron chi connectivity index (χ2n) is 3.41. The van der Waals surface area contributed by atoms with E-state index in [0.717, 1.165) is 11.1 Å². The number of hydrogen-bond acceptors (Lipinski definition) is 0. The Bertz CT molecular complexity index is 394. The van der Waals surface area contributed by atoms with E-state index in [2.05, 4.69) is 0 Å². The molecule has 0 aromatic heterocycles. The molecular formula is C14H12O. The van der Waals surface area contributed by atoms with Gasteiger partial charge in [-0.15, -0.1) is 0 Å². The molecule has 0 aliphatic rings. The van der Waals surface area contributed by atoms with Crippen molar-refractivity contribution in [2.75, 3.05) is 0 Å². The van der Waals surface area contributed by atoms with Gasteiger partial charge in [-0.25, -0.2) is 5.11 Å². The van der Waals surface area contributed by atoms with E-state index in [1.807, 2.05) is 60.7 Å². The quantitative estimate of drug-likeness (QED) is 0.717. The lowest BCUT2D eigenvalue weighted by Gasteiger charge is -2.07. The van der Waals surface area contributed by atoms with Crippen LogP contribution in [0, 0.1) is 6.42 Å². The topological polar surface area (TPSA) is 19.9 Å². The van der Waals surface area contributed by atoms with Crippen LogP contribution >= 0.6 is 0 Å². The van der Waals surface area contributed by atoms with E-state index in [4.69, 9.17) is 0 Å². The van der Waals surface area contributed by atoms with Crippen molar-refractivity contribution in [1.82, 2.24) is 0 Å². The molecule has 0 saturated carbocycles. The Morgan fingerprint density at radius 2 is 1.33 bits per heavy atom. The van der Waals surface area contributed by atoms with Gasteiger partial charge in [-0.1, -0.05) is 60.7 Å². The van der Waals surface area contributed by atoms with Crippen LogP contribution in [0.3, 0.4) is 0 Å². The average molecular weight is 196 g/mol. The van der Waals surface area contributed by atoms with Gasteiger partial charge in [0.05, 0.1) is 0 Å². The van der Waals surface area contributed by atoms with Gasteiger partial charge in [-0.2, -0.15) is 0 Å². The molecule has 1 atom stereocenters. The number of rotatable bonds is 3. The molecule has 1 heteroatoms. The zero-order valence-corrected chi connectivity index (χ0v) is 8.34. The molecule has 2 aromatic carbocycles. The molecule has 0 heterocycles. The largest absolute Gasteiger partial charge is 0.227 e. The molecule has 0 bridgehead atoms. The standard InChI is InChI=1S/C14H12O/c15-14(13-9-5-2-6-10-13)11-12-7-3-1-4-8-12/h1-11,14H. The molecule has 2 rings (SSSR count). The predicted octanol–water partition coefficient (Wildman–Crippen LogP) is 3.41. The maximum absolute atomic E-state index is 11.8. The van der Waals surface area contributed by atoms with Crippen molar-refractivity contribution in [3.8, 4) is 0 Å². The van der Waals surface area contributed by atoms with Gasteiger partial charge in [0, 0.05) is 6.42 Å². The first-order valence-electron chi connectivity index (χ1n) is 4.97. The first-order chi connectivity index (χ1) is 7.36. The zero-order chi connectivity index (χ0) is 10.5. The molecule has 0 aliphatic heterocycles. The highest BCUT2D eigenvalue weighted by Gasteiger charge is 2.09. The Morgan fingerprint density at radius 3 is 1.93 bits per heavy atom. The van der Waals surface area contributed by atoms with Crippen LogP contribution in [0.25, 0.3) is 0 Å². The highest BCUT2D eigenvalue weighted by molar-refractivity contribution is 5.29. The summed E-state index contributed by atoms with van der Waals surface area (Å²) in [6.07, 6.45) is 0.948. The minimum Gasteiger partial charge on any atom is -0.227 e. The second kappa shape index (κ2) is 4.76. The Hall–Kier alpha value is -1.60. The molecule has 0 amide bonds. The van der Waals surface area contributed by atoms with E-state index < -0.39 is 6.10 Å². The van der Waals surface area contributed by atoms with Gasteiger partial charge in [0.25, 0.3) is 0 Å². The lowest BCUT2D eigenvalue weighted by molar-refractivity contribution is 0.120. The fourth-order valence-corrected chi connectivity index (χ4v) is 1.48. The van der Waals surface area contributed by atoms with Crippen LogP contribution in [0.15, 0.2) is 60.7 Å². The van der Waals surface area contributed by atoms with Gasteiger partial charge in [0.1, 0.15) is 6.10 Å². The van der Waals surface area contributed by atoms with E-state index in [9.17, 15) is 5.11 Å². The third-order valence-electron chi connectivity index (χ3n) is 2.27. The lowest BCUT2D eigenvalue weighted by atomic mass is 10.0. The SMILES string of the molecule is [O]C([CH]c1ccccc1)c1ccccc1. The summed E-state index contributed by atoms with van der Waals surface area (Å²) < 4.78 is 0. The van der Waals surface area contributed by atoms with Gasteiger partial charge in [-0.3, -0.25) is 0 Å². The molecule has 2 radical (unpaired) electrons. The van der Waals surface area contributed by atoms with Gasteiger partial charge >= 0.3 is 0 Å². The van der Waals surface area contributed by atoms with Crippen molar-refractivity contribution in [3.63, 3.8) is 0 Å². The molecule has 0 saturated heterocycles. The summed E-state index contributed by atoms with van der Waals surface area (Å²) in [5, 5.41) is 11.8. The van der Waals surface area contributed by atoms with Crippen LogP contribution in [0.1, 0.15) is 17.2 Å². The third kappa shape index (κ3) is 2.67. The molecule has 1 unspecified atom stereocenters. The molecule has 2 aromatic rings. The first-order valence-corrected chi connectivity index (χ1v) is 4.97. The predicted molar refractivity (Wildman–Crippen MR) is 59.7 cm³/mol. The number of hydrogen-bond donors (Lipinski definition) is 0. The van der Waals surface area contributed by atoms with E-state index in [1.54, 1.807) is 6.42 Å². The Kier molecular flexibility index (Phi) is 3.15. The summed E-state index contributed by atoms with van der Waals surface area (Å²) in [5.41, 5.74) is 1.78. The van der Waals surface area contributed by atoms with Crippen LogP contribution in [0.5, 0.6) is 0 Å².